The lowest BCUT2D eigenvalue weighted by Gasteiger charge is -2.15. The highest BCUT2D eigenvalue weighted by molar-refractivity contribution is 5.95. The van der Waals surface area contributed by atoms with Crippen LogP contribution in [0.2, 0.25) is 0 Å². The van der Waals surface area contributed by atoms with Crippen molar-refractivity contribution in [3.8, 4) is 22.4 Å². The molecular weight excluding hydrogens is 326 g/mol. The monoisotopic (exact) mass is 343 g/mol. The number of H-pyrrole nitrogens is 2. The summed E-state index contributed by atoms with van der Waals surface area (Å²) in [5, 5.41) is 2.48. The molecule has 2 aliphatic heterocycles. The van der Waals surface area contributed by atoms with Gasteiger partial charge in [-0.15, -0.1) is 4.91 Å². The maximum atomic E-state index is 11.5. The molecule has 4 rings (SSSR count). The van der Waals surface area contributed by atoms with E-state index < -0.39 is 5.91 Å². The summed E-state index contributed by atoms with van der Waals surface area (Å²) >= 11 is 0. The number of benzene rings is 1. The first-order valence-electron chi connectivity index (χ1n) is 8.46. The molecule has 0 unspecified atom stereocenters. The molecule has 1 aromatic carbocycles. The van der Waals surface area contributed by atoms with E-state index in [1.807, 2.05) is 30.6 Å². The van der Waals surface area contributed by atoms with E-state index in [4.69, 9.17) is 0 Å². The zero-order valence-corrected chi connectivity index (χ0v) is 14.0. The lowest BCUT2D eigenvalue weighted by Crippen LogP contribution is -1.99. The molecular formula is C21H17N3O2. The molecule has 0 saturated heterocycles. The number of amides is 1. The number of hydrogen-bond acceptors (Lipinski definition) is 2. The van der Waals surface area contributed by atoms with Gasteiger partial charge in [0.15, 0.2) is 0 Å². The Kier molecular flexibility index (Phi) is 4.19. The normalized spacial score (nSPS) is 12.5. The molecule has 0 spiro atoms. The van der Waals surface area contributed by atoms with Crippen LogP contribution >= 0.6 is 0 Å². The van der Waals surface area contributed by atoms with Gasteiger partial charge in [0.2, 0.25) is 0 Å². The number of hydrogen-bond donors (Lipinski definition) is 2. The summed E-state index contributed by atoms with van der Waals surface area (Å²) in [6.45, 7) is 0. The molecule has 0 atom stereocenters. The molecule has 128 valence electrons. The third kappa shape index (κ3) is 2.95. The maximum absolute atomic E-state index is 11.5. The SMILES string of the molecule is O=NC(=O)c1ccc(-c2[nH]c3c(ccc4c[nH]ccc2-4)CCC=C3)cc1. The molecule has 0 saturated carbocycles. The predicted octanol–water partition coefficient (Wildman–Crippen LogP) is 5.11. The van der Waals surface area contributed by atoms with Crippen LogP contribution < -0.4 is 0 Å². The summed E-state index contributed by atoms with van der Waals surface area (Å²) in [6.07, 6.45) is 10.1. The smallest absolute Gasteiger partial charge is 0.316 e. The van der Waals surface area contributed by atoms with E-state index in [2.05, 4.69) is 39.4 Å². The molecule has 0 radical (unpaired) electrons. The molecule has 2 heterocycles. The Balaban J connectivity index is 1.95. The number of nitroso groups, excluding NO2 is 1. The van der Waals surface area contributed by atoms with Gasteiger partial charge in [0, 0.05) is 34.4 Å². The largest absolute Gasteiger partial charge is 0.367 e. The molecule has 1 aromatic rings. The third-order valence-electron chi connectivity index (χ3n) is 4.60. The number of allylic oxidation sites excluding steroid dienone is 1. The molecule has 5 nitrogen and oxygen atoms in total. The number of carbonyl (C=O) groups excluding carboxylic acids is 1. The highest BCUT2D eigenvalue weighted by Crippen LogP contribution is 2.32. The van der Waals surface area contributed by atoms with Crippen molar-refractivity contribution in [3.63, 3.8) is 0 Å². The van der Waals surface area contributed by atoms with Crippen LogP contribution in [0.4, 0.5) is 0 Å². The topological polar surface area (TPSA) is 78.1 Å². The summed E-state index contributed by atoms with van der Waals surface area (Å²) in [7, 11) is 0. The molecule has 1 aliphatic carbocycles. The minimum Gasteiger partial charge on any atom is -0.367 e. The van der Waals surface area contributed by atoms with Crippen molar-refractivity contribution >= 4 is 12.0 Å². The standard InChI is InChI=1S/C21H17N3O2/c25-21(24-26)16-8-6-15(7-9-16)20-18-11-12-22-13-17(18)10-5-14-3-1-2-4-19(14)23-20/h2,4-13,22-23H,1,3H2. The number of aromatic amines is 2. The van der Waals surface area contributed by atoms with E-state index in [-0.39, 0.29) is 5.56 Å². The van der Waals surface area contributed by atoms with Crippen LogP contribution in [0.25, 0.3) is 28.5 Å². The number of nitrogens with one attached hydrogen (secondary N) is 2. The Morgan fingerprint density at radius 2 is 1.81 bits per heavy atom. The first-order valence-corrected chi connectivity index (χ1v) is 8.46. The van der Waals surface area contributed by atoms with Crippen molar-refractivity contribution in [2.75, 3.05) is 0 Å². The number of fused-ring (bicyclic) bond motifs is 2. The van der Waals surface area contributed by atoms with Gasteiger partial charge >= 0.3 is 5.91 Å². The lowest BCUT2D eigenvalue weighted by atomic mass is 9.97. The number of pyridine rings is 1. The van der Waals surface area contributed by atoms with E-state index in [1.165, 1.54) is 5.56 Å². The van der Waals surface area contributed by atoms with Gasteiger partial charge in [-0.1, -0.05) is 30.3 Å². The van der Waals surface area contributed by atoms with Crippen LogP contribution in [0.15, 0.2) is 66.1 Å². The molecule has 0 aromatic heterocycles. The van der Waals surface area contributed by atoms with Gasteiger partial charge in [-0.3, -0.25) is 4.79 Å². The average molecular weight is 343 g/mol. The molecule has 0 bridgehead atoms. The molecule has 0 fully saturated rings. The van der Waals surface area contributed by atoms with Gasteiger partial charge in [0.25, 0.3) is 0 Å². The van der Waals surface area contributed by atoms with Crippen molar-refractivity contribution in [1.29, 1.82) is 0 Å². The van der Waals surface area contributed by atoms with Crippen LogP contribution in [0.5, 0.6) is 0 Å². The second-order valence-corrected chi connectivity index (χ2v) is 6.20. The fourth-order valence-corrected chi connectivity index (χ4v) is 3.24. The summed E-state index contributed by atoms with van der Waals surface area (Å²) in [5.74, 6) is -0.759. The summed E-state index contributed by atoms with van der Waals surface area (Å²) in [6, 6.07) is 13.2. The van der Waals surface area contributed by atoms with Crippen LogP contribution in [0, 0.1) is 4.91 Å². The fourth-order valence-electron chi connectivity index (χ4n) is 3.24. The minimum absolute atomic E-state index is 0.286. The second-order valence-electron chi connectivity index (χ2n) is 6.20. The van der Waals surface area contributed by atoms with Crippen LogP contribution in [-0.2, 0) is 6.42 Å². The fraction of sp³-hybridized carbons (Fsp3) is 0.0952. The summed E-state index contributed by atoms with van der Waals surface area (Å²) in [4.78, 5) is 28.6. The zero-order chi connectivity index (χ0) is 17.9. The number of carbonyl (C=O) groups is 1. The minimum atomic E-state index is -0.759. The van der Waals surface area contributed by atoms with Crippen LogP contribution in [0.1, 0.15) is 28.0 Å². The zero-order valence-electron chi connectivity index (χ0n) is 14.0. The quantitative estimate of drug-likeness (QED) is 0.635. The van der Waals surface area contributed by atoms with Crippen LogP contribution in [-0.4, -0.2) is 15.9 Å². The molecule has 3 aliphatic rings. The Morgan fingerprint density at radius 3 is 2.62 bits per heavy atom. The Morgan fingerprint density at radius 1 is 1.00 bits per heavy atom. The first kappa shape index (κ1) is 16.0. The molecule has 2 N–H and O–H groups in total. The van der Waals surface area contributed by atoms with Gasteiger partial charge in [0.05, 0.1) is 5.69 Å². The van der Waals surface area contributed by atoms with Crippen molar-refractivity contribution in [2.24, 2.45) is 5.18 Å². The number of aryl methyl sites for hydroxylation is 1. The number of rotatable bonds is 2. The van der Waals surface area contributed by atoms with Crippen molar-refractivity contribution in [3.05, 3.63) is 82.7 Å². The van der Waals surface area contributed by atoms with Crippen LogP contribution in [0.3, 0.4) is 0 Å². The maximum Gasteiger partial charge on any atom is 0.316 e. The Bertz CT molecular complexity index is 1020. The lowest BCUT2D eigenvalue weighted by molar-refractivity contribution is 0.100. The van der Waals surface area contributed by atoms with Gasteiger partial charge in [-0.25, -0.2) is 0 Å². The first-order chi connectivity index (χ1) is 12.8. The van der Waals surface area contributed by atoms with Crippen molar-refractivity contribution in [2.45, 2.75) is 12.8 Å². The van der Waals surface area contributed by atoms with E-state index in [0.29, 0.717) is 0 Å². The van der Waals surface area contributed by atoms with E-state index >= 15 is 0 Å². The van der Waals surface area contributed by atoms with Gasteiger partial charge in [-0.2, -0.15) is 0 Å². The van der Waals surface area contributed by atoms with E-state index in [9.17, 15) is 9.70 Å². The Labute approximate surface area is 150 Å². The van der Waals surface area contributed by atoms with E-state index in [0.717, 1.165) is 40.9 Å². The number of nitrogens with zero attached hydrogens (tertiary/aromatic N) is 1. The van der Waals surface area contributed by atoms with Gasteiger partial charge in [0.1, 0.15) is 0 Å². The molecule has 26 heavy (non-hydrogen) atoms. The summed E-state index contributed by atoms with van der Waals surface area (Å²) < 4.78 is 0. The highest BCUT2D eigenvalue weighted by atomic mass is 16.3. The van der Waals surface area contributed by atoms with Gasteiger partial charge in [-0.05, 0) is 53.8 Å². The average Bonchev–Trinajstić information content (AvgIpc) is 2.69. The number of aromatic nitrogens is 2. The van der Waals surface area contributed by atoms with E-state index in [1.54, 1.807) is 12.1 Å². The second kappa shape index (κ2) is 6.80. The Hall–Kier alpha value is -3.47. The molecule has 5 heteroatoms. The van der Waals surface area contributed by atoms with Crippen molar-refractivity contribution < 1.29 is 4.79 Å². The third-order valence-corrected chi connectivity index (χ3v) is 4.60. The van der Waals surface area contributed by atoms with Gasteiger partial charge < -0.3 is 9.97 Å². The predicted molar refractivity (Wildman–Crippen MR) is 102 cm³/mol. The van der Waals surface area contributed by atoms with Crippen molar-refractivity contribution in [1.82, 2.24) is 9.97 Å². The highest BCUT2D eigenvalue weighted by Gasteiger charge is 2.12. The molecule has 1 amide bonds. The summed E-state index contributed by atoms with van der Waals surface area (Å²) in [5.41, 5.74) is 6.64.